The third-order valence-electron chi connectivity index (χ3n) is 4.45. The minimum Gasteiger partial charge on any atom is -0.369 e. The molecule has 2 heterocycles. The molecule has 140 valence electrons. The Hall–Kier alpha value is -2.05. The molecule has 1 aliphatic heterocycles. The monoisotopic (exact) mass is 376 g/mol. The molecule has 0 spiro atoms. The smallest absolute Gasteiger partial charge is 0.240 e. The van der Waals surface area contributed by atoms with E-state index in [1.807, 2.05) is 18.2 Å². The number of rotatable bonds is 4. The van der Waals surface area contributed by atoms with E-state index in [9.17, 15) is 4.79 Å². The summed E-state index contributed by atoms with van der Waals surface area (Å²) in [6.07, 6.45) is 0. The highest BCUT2D eigenvalue weighted by Crippen LogP contribution is 2.24. The van der Waals surface area contributed by atoms with Gasteiger partial charge >= 0.3 is 0 Å². The number of aromatic nitrogens is 1. The molecule has 0 atom stereocenters. The van der Waals surface area contributed by atoms with Crippen molar-refractivity contribution in [1.82, 2.24) is 10.1 Å². The molecule has 26 heavy (non-hydrogen) atoms. The largest absolute Gasteiger partial charge is 0.369 e. The van der Waals surface area contributed by atoms with Gasteiger partial charge in [0.05, 0.1) is 12.2 Å². The molecule has 1 aromatic carbocycles. The number of carbonyl (C=O) groups excluding carboxylic acids is 1. The van der Waals surface area contributed by atoms with E-state index in [1.54, 1.807) is 6.07 Å². The van der Waals surface area contributed by atoms with Crippen LogP contribution in [0.15, 0.2) is 34.9 Å². The van der Waals surface area contributed by atoms with Gasteiger partial charge in [0.15, 0.2) is 0 Å². The van der Waals surface area contributed by atoms with Gasteiger partial charge in [-0.3, -0.25) is 15.0 Å². The Kier molecular flexibility index (Phi) is 5.53. The van der Waals surface area contributed by atoms with Gasteiger partial charge in [-0.2, -0.15) is 0 Å². The molecule has 1 saturated heterocycles. The highest BCUT2D eigenvalue weighted by atomic mass is 35.5. The van der Waals surface area contributed by atoms with Crippen molar-refractivity contribution >= 4 is 29.1 Å². The first-order valence-corrected chi connectivity index (χ1v) is 9.19. The molecule has 1 aliphatic rings. The first-order chi connectivity index (χ1) is 12.3. The zero-order valence-corrected chi connectivity index (χ0v) is 16.2. The van der Waals surface area contributed by atoms with Crippen LogP contribution in [0.2, 0.25) is 5.02 Å². The number of anilines is 2. The van der Waals surface area contributed by atoms with Crippen molar-refractivity contribution in [3.8, 4) is 0 Å². The number of piperazine rings is 1. The molecule has 1 fully saturated rings. The van der Waals surface area contributed by atoms with Gasteiger partial charge in [0.2, 0.25) is 11.8 Å². The lowest BCUT2D eigenvalue weighted by Crippen LogP contribution is -2.48. The molecule has 6 nitrogen and oxygen atoms in total. The highest BCUT2D eigenvalue weighted by molar-refractivity contribution is 6.30. The maximum atomic E-state index is 12.3. The van der Waals surface area contributed by atoms with Crippen molar-refractivity contribution < 1.29 is 9.32 Å². The third kappa shape index (κ3) is 4.77. The Morgan fingerprint density at radius 1 is 1.23 bits per heavy atom. The van der Waals surface area contributed by atoms with E-state index >= 15 is 0 Å². The van der Waals surface area contributed by atoms with Crippen LogP contribution in [-0.4, -0.2) is 48.7 Å². The first-order valence-electron chi connectivity index (χ1n) is 8.81. The molecule has 7 heteroatoms. The summed E-state index contributed by atoms with van der Waals surface area (Å²) in [5.74, 6) is 0.315. The summed E-state index contributed by atoms with van der Waals surface area (Å²) in [5, 5.41) is 7.55. The lowest BCUT2D eigenvalue weighted by atomic mass is 9.92. The van der Waals surface area contributed by atoms with Crippen molar-refractivity contribution in [1.29, 1.82) is 0 Å². The number of amides is 1. The average molecular weight is 377 g/mol. The lowest BCUT2D eigenvalue weighted by molar-refractivity contribution is -0.117. The SMILES string of the molecule is CC(C)(C)c1cc(NC(=O)CN2CCN(c3cccc(Cl)c3)CC2)on1. The van der Waals surface area contributed by atoms with Gasteiger partial charge < -0.3 is 9.42 Å². The van der Waals surface area contributed by atoms with Gasteiger partial charge in [-0.05, 0) is 18.2 Å². The first kappa shape index (κ1) is 18.7. The molecule has 0 unspecified atom stereocenters. The fourth-order valence-corrected chi connectivity index (χ4v) is 3.09. The number of benzene rings is 1. The molecule has 0 radical (unpaired) electrons. The summed E-state index contributed by atoms with van der Waals surface area (Å²) < 4.78 is 5.22. The van der Waals surface area contributed by atoms with Crippen LogP contribution in [-0.2, 0) is 10.2 Å². The quantitative estimate of drug-likeness (QED) is 0.886. The third-order valence-corrected chi connectivity index (χ3v) is 4.69. The highest BCUT2D eigenvalue weighted by Gasteiger charge is 2.22. The fraction of sp³-hybridized carbons (Fsp3) is 0.474. The van der Waals surface area contributed by atoms with Crippen LogP contribution in [0.25, 0.3) is 0 Å². The summed E-state index contributed by atoms with van der Waals surface area (Å²) in [5.41, 5.74) is 1.84. The predicted octanol–water partition coefficient (Wildman–Crippen LogP) is 3.39. The van der Waals surface area contributed by atoms with Crippen LogP contribution in [0.5, 0.6) is 0 Å². The second-order valence-corrected chi connectivity index (χ2v) is 8.05. The minimum atomic E-state index is -0.108. The number of nitrogens with zero attached hydrogens (tertiary/aromatic N) is 3. The molecule has 0 bridgehead atoms. The summed E-state index contributed by atoms with van der Waals surface area (Å²) in [6.45, 7) is 9.87. The Labute approximate surface area is 159 Å². The maximum Gasteiger partial charge on any atom is 0.240 e. The zero-order chi connectivity index (χ0) is 18.7. The number of hydrogen-bond acceptors (Lipinski definition) is 5. The second-order valence-electron chi connectivity index (χ2n) is 7.62. The number of hydrogen-bond donors (Lipinski definition) is 1. The normalized spacial score (nSPS) is 15.9. The van der Waals surface area contributed by atoms with Crippen LogP contribution in [0.3, 0.4) is 0 Å². The molecule has 1 N–H and O–H groups in total. The molecule has 1 amide bonds. The van der Waals surface area contributed by atoms with E-state index in [0.29, 0.717) is 12.4 Å². The summed E-state index contributed by atoms with van der Waals surface area (Å²) >= 11 is 6.06. The van der Waals surface area contributed by atoms with Crippen LogP contribution in [0, 0.1) is 0 Å². The van der Waals surface area contributed by atoms with E-state index in [-0.39, 0.29) is 11.3 Å². The molecular formula is C19H25ClN4O2. The van der Waals surface area contributed by atoms with Gasteiger partial charge in [0, 0.05) is 48.4 Å². The Morgan fingerprint density at radius 2 is 1.96 bits per heavy atom. The van der Waals surface area contributed by atoms with Crippen molar-refractivity contribution in [3.63, 3.8) is 0 Å². The van der Waals surface area contributed by atoms with Crippen molar-refractivity contribution in [3.05, 3.63) is 41.0 Å². The van der Waals surface area contributed by atoms with Gasteiger partial charge in [0.25, 0.3) is 0 Å². The van der Waals surface area contributed by atoms with Gasteiger partial charge in [-0.15, -0.1) is 0 Å². The Balaban J connectivity index is 1.48. The Morgan fingerprint density at radius 3 is 2.58 bits per heavy atom. The van der Waals surface area contributed by atoms with E-state index in [1.165, 1.54) is 0 Å². The Bertz CT molecular complexity index is 761. The van der Waals surface area contributed by atoms with E-state index < -0.39 is 0 Å². The van der Waals surface area contributed by atoms with Crippen LogP contribution >= 0.6 is 11.6 Å². The van der Waals surface area contributed by atoms with Gasteiger partial charge in [-0.1, -0.05) is 43.6 Å². The summed E-state index contributed by atoms with van der Waals surface area (Å²) in [7, 11) is 0. The van der Waals surface area contributed by atoms with Crippen molar-refractivity contribution in [2.75, 3.05) is 42.9 Å². The molecule has 0 aliphatic carbocycles. The van der Waals surface area contributed by atoms with Gasteiger partial charge in [-0.25, -0.2) is 0 Å². The number of nitrogens with one attached hydrogen (secondary N) is 1. The molecule has 2 aromatic rings. The fourth-order valence-electron chi connectivity index (χ4n) is 2.90. The van der Waals surface area contributed by atoms with Crippen LogP contribution in [0.4, 0.5) is 11.6 Å². The van der Waals surface area contributed by atoms with Crippen molar-refractivity contribution in [2.45, 2.75) is 26.2 Å². The van der Waals surface area contributed by atoms with E-state index in [0.717, 1.165) is 42.6 Å². The van der Waals surface area contributed by atoms with E-state index in [4.69, 9.17) is 16.1 Å². The number of halogens is 1. The van der Waals surface area contributed by atoms with Crippen LogP contribution in [0.1, 0.15) is 26.5 Å². The zero-order valence-electron chi connectivity index (χ0n) is 15.5. The summed E-state index contributed by atoms with van der Waals surface area (Å²) in [6, 6.07) is 9.65. The molecule has 0 saturated carbocycles. The maximum absolute atomic E-state index is 12.3. The van der Waals surface area contributed by atoms with Crippen molar-refractivity contribution in [2.24, 2.45) is 0 Å². The molecule has 3 rings (SSSR count). The lowest BCUT2D eigenvalue weighted by Gasteiger charge is -2.35. The number of carbonyl (C=O) groups is 1. The molecular weight excluding hydrogens is 352 g/mol. The summed E-state index contributed by atoms with van der Waals surface area (Å²) in [4.78, 5) is 16.7. The standard InChI is InChI=1S/C19H25ClN4O2/c1-19(2,3)16-12-18(26-22-16)21-17(25)13-23-7-9-24(10-8-23)15-6-4-5-14(20)11-15/h4-6,11-12H,7-10,13H2,1-3H3,(H,21,25). The van der Waals surface area contributed by atoms with Gasteiger partial charge in [0.1, 0.15) is 0 Å². The second kappa shape index (κ2) is 7.68. The van der Waals surface area contributed by atoms with E-state index in [2.05, 4.69) is 47.1 Å². The molecule has 1 aromatic heterocycles. The average Bonchev–Trinajstić information content (AvgIpc) is 3.04. The minimum absolute atomic E-state index is 0.0854. The topological polar surface area (TPSA) is 61.6 Å². The van der Waals surface area contributed by atoms with Crippen LogP contribution < -0.4 is 10.2 Å². The predicted molar refractivity (Wildman–Crippen MR) is 104 cm³/mol.